The third-order valence-electron chi connectivity index (χ3n) is 5.41. The monoisotopic (exact) mass is 263 g/mol. The van der Waals surface area contributed by atoms with Crippen molar-refractivity contribution in [2.45, 2.75) is 59.8 Å². The molecule has 0 aliphatic heterocycles. The predicted octanol–water partition coefficient (Wildman–Crippen LogP) is 4.02. The highest BCUT2D eigenvalue weighted by Gasteiger charge is 2.54. The molecule has 0 N–H and O–H groups in total. The lowest BCUT2D eigenvalue weighted by Crippen LogP contribution is -2.33. The first kappa shape index (κ1) is 14.6. The van der Waals surface area contributed by atoms with Crippen molar-refractivity contribution in [3.8, 4) is 0 Å². The summed E-state index contributed by atoms with van der Waals surface area (Å²) in [5.74, 6) is 1.83. The van der Waals surface area contributed by atoms with Crippen molar-refractivity contribution in [3.63, 3.8) is 0 Å². The van der Waals surface area contributed by atoms with Gasteiger partial charge in [0.05, 0.1) is 0 Å². The summed E-state index contributed by atoms with van der Waals surface area (Å²) in [6.45, 7) is 10.5. The zero-order chi connectivity index (χ0) is 14.0. The SMILES string of the molecule is CCCN(CC1CC1(C)C1CC=C(C)CC1)C(C)=O. The Kier molecular flexibility index (Phi) is 4.37. The largest absolute Gasteiger partial charge is 0.343 e. The molecule has 2 aliphatic rings. The van der Waals surface area contributed by atoms with Gasteiger partial charge in [0.2, 0.25) is 5.91 Å². The minimum atomic E-state index is 0.246. The average molecular weight is 263 g/mol. The molecule has 3 unspecified atom stereocenters. The van der Waals surface area contributed by atoms with Gasteiger partial charge >= 0.3 is 0 Å². The Hall–Kier alpha value is -0.790. The summed E-state index contributed by atoms with van der Waals surface area (Å²) < 4.78 is 0. The van der Waals surface area contributed by atoms with E-state index in [9.17, 15) is 4.79 Å². The highest BCUT2D eigenvalue weighted by atomic mass is 16.2. The van der Waals surface area contributed by atoms with E-state index >= 15 is 0 Å². The molecule has 2 nitrogen and oxygen atoms in total. The van der Waals surface area contributed by atoms with E-state index in [0.717, 1.165) is 31.3 Å². The summed E-state index contributed by atoms with van der Waals surface area (Å²) in [6.07, 6.45) is 8.70. The molecule has 0 spiro atoms. The number of rotatable bonds is 5. The zero-order valence-corrected chi connectivity index (χ0v) is 13.0. The smallest absolute Gasteiger partial charge is 0.219 e. The fourth-order valence-electron chi connectivity index (χ4n) is 3.72. The predicted molar refractivity (Wildman–Crippen MR) is 79.9 cm³/mol. The van der Waals surface area contributed by atoms with E-state index in [1.807, 2.05) is 0 Å². The molecule has 0 radical (unpaired) electrons. The molecule has 108 valence electrons. The number of nitrogens with zero attached hydrogens (tertiary/aromatic N) is 1. The molecule has 3 atom stereocenters. The zero-order valence-electron chi connectivity index (χ0n) is 13.0. The van der Waals surface area contributed by atoms with Gasteiger partial charge in [-0.15, -0.1) is 0 Å². The van der Waals surface area contributed by atoms with Crippen LogP contribution in [0.2, 0.25) is 0 Å². The Morgan fingerprint density at radius 1 is 1.53 bits per heavy atom. The van der Waals surface area contributed by atoms with Crippen molar-refractivity contribution < 1.29 is 4.79 Å². The molecule has 19 heavy (non-hydrogen) atoms. The summed E-state index contributed by atoms with van der Waals surface area (Å²) in [5, 5.41) is 0. The lowest BCUT2D eigenvalue weighted by Gasteiger charge is -2.29. The molecular weight excluding hydrogens is 234 g/mol. The third kappa shape index (κ3) is 3.21. The van der Waals surface area contributed by atoms with E-state index in [-0.39, 0.29) is 5.91 Å². The topological polar surface area (TPSA) is 20.3 Å². The van der Waals surface area contributed by atoms with Crippen molar-refractivity contribution in [2.24, 2.45) is 17.3 Å². The summed E-state index contributed by atoms with van der Waals surface area (Å²) in [5.41, 5.74) is 2.06. The highest BCUT2D eigenvalue weighted by molar-refractivity contribution is 5.73. The summed E-state index contributed by atoms with van der Waals surface area (Å²) in [4.78, 5) is 13.7. The third-order valence-corrected chi connectivity index (χ3v) is 5.41. The number of carbonyl (C=O) groups excluding carboxylic acids is 1. The first-order valence-electron chi connectivity index (χ1n) is 7.88. The van der Waals surface area contributed by atoms with Gasteiger partial charge in [0.15, 0.2) is 0 Å². The number of allylic oxidation sites excluding steroid dienone is 2. The molecular formula is C17H29NO. The van der Waals surface area contributed by atoms with E-state index in [1.54, 1.807) is 12.5 Å². The lowest BCUT2D eigenvalue weighted by atomic mass is 9.78. The molecule has 2 rings (SSSR count). The van der Waals surface area contributed by atoms with Crippen LogP contribution in [-0.4, -0.2) is 23.9 Å². The van der Waals surface area contributed by atoms with Gasteiger partial charge in [-0.1, -0.05) is 25.5 Å². The van der Waals surface area contributed by atoms with Crippen LogP contribution < -0.4 is 0 Å². The van der Waals surface area contributed by atoms with E-state index in [1.165, 1.54) is 25.7 Å². The molecule has 0 saturated heterocycles. The van der Waals surface area contributed by atoms with E-state index in [4.69, 9.17) is 0 Å². The minimum Gasteiger partial charge on any atom is -0.343 e. The van der Waals surface area contributed by atoms with Crippen molar-refractivity contribution in [3.05, 3.63) is 11.6 Å². The molecule has 1 fully saturated rings. The number of hydrogen-bond donors (Lipinski definition) is 0. The molecule has 2 heteroatoms. The summed E-state index contributed by atoms with van der Waals surface area (Å²) >= 11 is 0. The fourth-order valence-corrected chi connectivity index (χ4v) is 3.72. The molecule has 1 saturated carbocycles. The average Bonchev–Trinajstić information content (AvgIpc) is 3.01. The first-order valence-corrected chi connectivity index (χ1v) is 7.88. The summed E-state index contributed by atoms with van der Waals surface area (Å²) in [6, 6.07) is 0. The number of hydrogen-bond acceptors (Lipinski definition) is 1. The van der Waals surface area contributed by atoms with Crippen LogP contribution in [-0.2, 0) is 4.79 Å². The maximum Gasteiger partial charge on any atom is 0.219 e. The second-order valence-electron chi connectivity index (χ2n) is 6.89. The van der Waals surface area contributed by atoms with Crippen molar-refractivity contribution in [2.75, 3.05) is 13.1 Å². The second kappa shape index (κ2) is 5.68. The van der Waals surface area contributed by atoms with Crippen LogP contribution in [0.25, 0.3) is 0 Å². The maximum atomic E-state index is 11.6. The van der Waals surface area contributed by atoms with Gasteiger partial charge in [0, 0.05) is 20.0 Å². The molecule has 0 heterocycles. The fraction of sp³-hybridized carbons (Fsp3) is 0.824. The first-order chi connectivity index (χ1) is 8.97. The van der Waals surface area contributed by atoms with Crippen LogP contribution in [0.1, 0.15) is 59.8 Å². The van der Waals surface area contributed by atoms with E-state index in [0.29, 0.717) is 5.41 Å². The second-order valence-corrected chi connectivity index (χ2v) is 6.89. The van der Waals surface area contributed by atoms with Crippen LogP contribution in [0.4, 0.5) is 0 Å². The summed E-state index contributed by atoms with van der Waals surface area (Å²) in [7, 11) is 0. The van der Waals surface area contributed by atoms with Gasteiger partial charge in [-0.3, -0.25) is 4.79 Å². The van der Waals surface area contributed by atoms with E-state index < -0.39 is 0 Å². The van der Waals surface area contributed by atoms with Crippen molar-refractivity contribution in [1.29, 1.82) is 0 Å². The van der Waals surface area contributed by atoms with Crippen LogP contribution in [0, 0.1) is 17.3 Å². The van der Waals surface area contributed by atoms with Gasteiger partial charge in [0.1, 0.15) is 0 Å². The van der Waals surface area contributed by atoms with E-state index in [2.05, 4.69) is 31.7 Å². The minimum absolute atomic E-state index is 0.246. The molecule has 0 aromatic heterocycles. The molecule has 0 bridgehead atoms. The van der Waals surface area contributed by atoms with Crippen LogP contribution in [0.15, 0.2) is 11.6 Å². The van der Waals surface area contributed by atoms with Gasteiger partial charge < -0.3 is 4.90 Å². The molecule has 1 amide bonds. The number of amides is 1. The lowest BCUT2D eigenvalue weighted by molar-refractivity contribution is -0.129. The molecule has 0 aromatic carbocycles. The van der Waals surface area contributed by atoms with Gasteiger partial charge in [-0.25, -0.2) is 0 Å². The standard InChI is InChI=1S/C17H29NO/c1-5-10-18(14(3)19)12-16-11-17(16,4)15-8-6-13(2)7-9-15/h6,15-16H,5,7-12H2,1-4H3. The highest BCUT2D eigenvalue weighted by Crippen LogP contribution is 2.60. The number of carbonyl (C=O) groups is 1. The van der Waals surface area contributed by atoms with Crippen molar-refractivity contribution in [1.82, 2.24) is 4.90 Å². The Labute approximate surface area is 118 Å². The van der Waals surface area contributed by atoms with Gasteiger partial charge in [-0.05, 0) is 56.3 Å². The van der Waals surface area contributed by atoms with Gasteiger partial charge in [-0.2, -0.15) is 0 Å². The van der Waals surface area contributed by atoms with Crippen LogP contribution in [0.3, 0.4) is 0 Å². The Bertz CT molecular complexity index is 373. The Morgan fingerprint density at radius 3 is 2.79 bits per heavy atom. The molecule has 0 aromatic rings. The Morgan fingerprint density at radius 2 is 2.26 bits per heavy atom. The van der Waals surface area contributed by atoms with Crippen molar-refractivity contribution >= 4 is 5.91 Å². The van der Waals surface area contributed by atoms with Crippen LogP contribution in [0.5, 0.6) is 0 Å². The normalized spacial score (nSPS) is 33.8. The Balaban J connectivity index is 1.90. The van der Waals surface area contributed by atoms with Crippen LogP contribution >= 0.6 is 0 Å². The van der Waals surface area contributed by atoms with Gasteiger partial charge in [0.25, 0.3) is 0 Å². The quantitative estimate of drug-likeness (QED) is 0.686. The maximum absolute atomic E-state index is 11.6. The molecule has 2 aliphatic carbocycles.